The summed E-state index contributed by atoms with van der Waals surface area (Å²) >= 11 is 0. The molecule has 32 heavy (non-hydrogen) atoms. The standard InChI is InChI=1S/C24H24N2O5S/c1-17-7-12-23(30-2)21(15-17)25-24(27)16-31-19-8-10-20(11-9-19)32(28,29)26-14-13-18-5-3-4-6-22(18)26/h3-12,15H,13-14,16H2,1-2H3,(H,25,27). The highest BCUT2D eigenvalue weighted by Crippen LogP contribution is 2.33. The van der Waals surface area contributed by atoms with Crippen molar-refractivity contribution in [2.24, 2.45) is 0 Å². The summed E-state index contributed by atoms with van der Waals surface area (Å²) in [6, 6.07) is 19.1. The molecule has 1 amide bonds. The van der Waals surface area contributed by atoms with Gasteiger partial charge in [-0.15, -0.1) is 0 Å². The number of sulfonamides is 1. The van der Waals surface area contributed by atoms with E-state index in [1.54, 1.807) is 18.2 Å². The Morgan fingerprint density at radius 2 is 1.81 bits per heavy atom. The van der Waals surface area contributed by atoms with Crippen molar-refractivity contribution in [2.45, 2.75) is 18.2 Å². The minimum Gasteiger partial charge on any atom is -0.495 e. The number of benzene rings is 3. The van der Waals surface area contributed by atoms with E-state index in [1.165, 1.54) is 23.5 Å². The van der Waals surface area contributed by atoms with Crippen LogP contribution >= 0.6 is 0 Å². The lowest BCUT2D eigenvalue weighted by Gasteiger charge is -2.19. The van der Waals surface area contributed by atoms with Crippen LogP contribution in [-0.2, 0) is 21.2 Å². The zero-order chi connectivity index (χ0) is 22.7. The van der Waals surface area contributed by atoms with Gasteiger partial charge in [-0.1, -0.05) is 24.3 Å². The number of rotatable bonds is 7. The number of anilines is 2. The lowest BCUT2D eigenvalue weighted by atomic mass is 10.2. The van der Waals surface area contributed by atoms with E-state index in [0.29, 0.717) is 30.2 Å². The third-order valence-corrected chi connectivity index (χ3v) is 7.08. The molecule has 0 bridgehead atoms. The van der Waals surface area contributed by atoms with Gasteiger partial charge in [0.1, 0.15) is 11.5 Å². The number of aryl methyl sites for hydroxylation is 1. The molecule has 3 aromatic rings. The predicted molar refractivity (Wildman–Crippen MR) is 123 cm³/mol. The zero-order valence-corrected chi connectivity index (χ0v) is 18.7. The summed E-state index contributed by atoms with van der Waals surface area (Å²) in [6.45, 7) is 2.12. The highest BCUT2D eigenvalue weighted by Gasteiger charge is 2.30. The van der Waals surface area contributed by atoms with Gasteiger partial charge in [0.25, 0.3) is 15.9 Å². The average molecular weight is 453 g/mol. The molecule has 0 saturated heterocycles. The second-order valence-electron chi connectivity index (χ2n) is 7.47. The molecular formula is C24H24N2O5S. The van der Waals surface area contributed by atoms with Crippen LogP contribution in [0.4, 0.5) is 11.4 Å². The van der Waals surface area contributed by atoms with Gasteiger partial charge in [0, 0.05) is 6.54 Å². The zero-order valence-electron chi connectivity index (χ0n) is 17.9. The number of methoxy groups -OCH3 is 1. The minimum absolute atomic E-state index is 0.176. The molecule has 8 heteroatoms. The van der Waals surface area contributed by atoms with Gasteiger partial charge in [0.05, 0.1) is 23.4 Å². The van der Waals surface area contributed by atoms with Crippen molar-refractivity contribution < 1.29 is 22.7 Å². The van der Waals surface area contributed by atoms with E-state index in [0.717, 1.165) is 16.8 Å². The second-order valence-corrected chi connectivity index (χ2v) is 9.33. The number of nitrogens with zero attached hydrogens (tertiary/aromatic N) is 1. The van der Waals surface area contributed by atoms with Crippen molar-refractivity contribution in [3.63, 3.8) is 0 Å². The fourth-order valence-electron chi connectivity index (χ4n) is 3.65. The molecule has 0 saturated carbocycles. The molecule has 0 spiro atoms. The summed E-state index contributed by atoms with van der Waals surface area (Å²) in [6.07, 6.45) is 0.692. The van der Waals surface area contributed by atoms with Gasteiger partial charge in [-0.3, -0.25) is 9.10 Å². The summed E-state index contributed by atoms with van der Waals surface area (Å²) in [5.74, 6) is 0.610. The third-order valence-electron chi connectivity index (χ3n) is 5.26. The number of ether oxygens (including phenoxy) is 2. The number of hydrogen-bond acceptors (Lipinski definition) is 5. The van der Waals surface area contributed by atoms with Crippen molar-refractivity contribution in [3.8, 4) is 11.5 Å². The molecule has 0 atom stereocenters. The number of nitrogens with one attached hydrogen (secondary N) is 1. The van der Waals surface area contributed by atoms with Crippen LogP contribution in [0.25, 0.3) is 0 Å². The molecule has 1 aliphatic rings. The Hall–Kier alpha value is -3.52. The van der Waals surface area contributed by atoms with Crippen molar-refractivity contribution in [1.29, 1.82) is 0 Å². The molecule has 3 aromatic carbocycles. The maximum Gasteiger partial charge on any atom is 0.264 e. The first kappa shape index (κ1) is 21.7. The Kier molecular flexibility index (Phi) is 6.05. The molecule has 0 aliphatic carbocycles. The topological polar surface area (TPSA) is 84.9 Å². The molecule has 166 valence electrons. The molecule has 4 rings (SSSR count). The minimum atomic E-state index is -3.67. The second kappa shape index (κ2) is 8.92. The van der Waals surface area contributed by atoms with Gasteiger partial charge >= 0.3 is 0 Å². The molecule has 0 aromatic heterocycles. The Bertz CT molecular complexity index is 1240. The van der Waals surface area contributed by atoms with Gasteiger partial charge in [-0.25, -0.2) is 8.42 Å². The fraction of sp³-hybridized carbons (Fsp3) is 0.208. The van der Waals surface area contributed by atoms with Crippen LogP contribution in [0.15, 0.2) is 71.6 Å². The van der Waals surface area contributed by atoms with Gasteiger partial charge in [-0.05, 0) is 66.9 Å². The molecule has 0 unspecified atom stereocenters. The lowest BCUT2D eigenvalue weighted by molar-refractivity contribution is -0.118. The van der Waals surface area contributed by atoms with Crippen molar-refractivity contribution in [2.75, 3.05) is 29.9 Å². The fourth-order valence-corrected chi connectivity index (χ4v) is 5.15. The normalized spacial score (nSPS) is 12.9. The summed E-state index contributed by atoms with van der Waals surface area (Å²) in [5, 5.41) is 2.76. The number of carbonyl (C=O) groups excluding carboxylic acids is 1. The summed E-state index contributed by atoms with van der Waals surface area (Å²) in [7, 11) is -2.13. The van der Waals surface area contributed by atoms with Crippen molar-refractivity contribution >= 4 is 27.3 Å². The monoisotopic (exact) mass is 452 g/mol. The number of fused-ring (bicyclic) bond motifs is 1. The number of amides is 1. The van der Waals surface area contributed by atoms with Gasteiger partial charge in [0.15, 0.2) is 6.61 Å². The van der Waals surface area contributed by atoms with Gasteiger partial charge in [0.2, 0.25) is 0 Å². The lowest BCUT2D eigenvalue weighted by Crippen LogP contribution is -2.29. The largest absolute Gasteiger partial charge is 0.495 e. The SMILES string of the molecule is COc1ccc(C)cc1NC(=O)COc1ccc(S(=O)(=O)N2CCc3ccccc32)cc1. The highest BCUT2D eigenvalue weighted by atomic mass is 32.2. The first-order valence-electron chi connectivity index (χ1n) is 10.2. The van der Waals surface area contributed by atoms with Crippen LogP contribution in [0.2, 0.25) is 0 Å². The van der Waals surface area contributed by atoms with E-state index < -0.39 is 10.0 Å². The van der Waals surface area contributed by atoms with Crippen LogP contribution in [0.5, 0.6) is 11.5 Å². The Labute approximate surface area is 187 Å². The van der Waals surface area contributed by atoms with Gasteiger partial charge in [-0.2, -0.15) is 0 Å². The Morgan fingerprint density at radius 1 is 1.06 bits per heavy atom. The van der Waals surface area contributed by atoms with E-state index in [-0.39, 0.29) is 17.4 Å². The molecule has 1 heterocycles. The van der Waals surface area contributed by atoms with Gasteiger partial charge < -0.3 is 14.8 Å². The molecule has 7 nitrogen and oxygen atoms in total. The molecule has 0 fully saturated rings. The van der Waals surface area contributed by atoms with Crippen molar-refractivity contribution in [1.82, 2.24) is 0 Å². The number of hydrogen-bond donors (Lipinski definition) is 1. The van der Waals surface area contributed by atoms with Crippen LogP contribution in [0.1, 0.15) is 11.1 Å². The average Bonchev–Trinajstić information content (AvgIpc) is 3.23. The Balaban J connectivity index is 1.40. The van der Waals surface area contributed by atoms with E-state index in [9.17, 15) is 13.2 Å². The first-order chi connectivity index (χ1) is 15.4. The summed E-state index contributed by atoms with van der Waals surface area (Å²) in [4.78, 5) is 12.5. The van der Waals surface area contributed by atoms with E-state index in [2.05, 4.69) is 5.32 Å². The highest BCUT2D eigenvalue weighted by molar-refractivity contribution is 7.92. The van der Waals surface area contributed by atoms with Crippen LogP contribution < -0.4 is 19.1 Å². The molecule has 1 aliphatic heterocycles. The molecule has 1 N–H and O–H groups in total. The molecule has 0 radical (unpaired) electrons. The predicted octanol–water partition coefficient (Wildman–Crippen LogP) is 3.77. The van der Waals surface area contributed by atoms with Crippen LogP contribution in [-0.4, -0.2) is 34.6 Å². The van der Waals surface area contributed by atoms with Crippen LogP contribution in [0.3, 0.4) is 0 Å². The third kappa shape index (κ3) is 4.40. The maximum absolute atomic E-state index is 13.1. The maximum atomic E-state index is 13.1. The molecular weight excluding hydrogens is 428 g/mol. The van der Waals surface area contributed by atoms with E-state index in [1.807, 2.05) is 43.3 Å². The first-order valence-corrected chi connectivity index (χ1v) is 11.6. The summed E-state index contributed by atoms with van der Waals surface area (Å²) in [5.41, 5.74) is 3.29. The quantitative estimate of drug-likeness (QED) is 0.590. The number of carbonyl (C=O) groups is 1. The van der Waals surface area contributed by atoms with Crippen molar-refractivity contribution in [3.05, 3.63) is 77.9 Å². The van der Waals surface area contributed by atoms with E-state index in [4.69, 9.17) is 9.47 Å². The number of para-hydroxylation sites is 1. The summed E-state index contributed by atoms with van der Waals surface area (Å²) < 4.78 is 38.4. The Morgan fingerprint density at radius 3 is 2.56 bits per heavy atom. The van der Waals surface area contributed by atoms with E-state index >= 15 is 0 Å². The van der Waals surface area contributed by atoms with Crippen LogP contribution in [0, 0.1) is 6.92 Å². The smallest absolute Gasteiger partial charge is 0.264 e.